The summed E-state index contributed by atoms with van der Waals surface area (Å²) in [4.78, 5) is 2.72. The predicted octanol–water partition coefficient (Wildman–Crippen LogP) is 4.76. The number of allylic oxidation sites excluding steroid dienone is 3. The maximum absolute atomic E-state index is 2.74. The molecule has 1 fully saturated rings. The third kappa shape index (κ3) is 15.4. The fourth-order valence-corrected chi connectivity index (χ4v) is 10.2. The molecule has 3 aliphatic heterocycles. The molecule has 46 heavy (non-hydrogen) atoms. The van der Waals surface area contributed by atoms with Crippen molar-refractivity contribution < 1.29 is 57.1 Å². The standard InChI is InChI=1S/C38H67N3S3.2HI/c1-7-10-13-16-19-25-39-32(4)29-42-36(39)24-22-23-35(38-41(34(6)31-44-38)27-21-18-15-12-9-3)28-37-40(33(5)30-43-37)26-20-17-14-11-8-2;;/h22-24,28,32-34H,7-21,25-27,29-31H2,1-6H3;2*1H/q+2;;/p-2. The van der Waals surface area contributed by atoms with Crippen LogP contribution < -0.4 is 48.0 Å². The monoisotopic (exact) mass is 915 g/mol. The predicted molar refractivity (Wildman–Crippen MR) is 204 cm³/mol. The number of unbranched alkanes of at least 4 members (excludes halogenated alkanes) is 12. The lowest BCUT2D eigenvalue weighted by molar-refractivity contribution is -0.552. The summed E-state index contributed by atoms with van der Waals surface area (Å²) in [6, 6.07) is 1.88. The highest BCUT2D eigenvalue weighted by Crippen LogP contribution is 2.35. The minimum absolute atomic E-state index is 0. The summed E-state index contributed by atoms with van der Waals surface area (Å²) in [7, 11) is 0. The van der Waals surface area contributed by atoms with Crippen LogP contribution in [-0.4, -0.2) is 79.2 Å². The van der Waals surface area contributed by atoms with E-state index in [9.17, 15) is 0 Å². The highest BCUT2D eigenvalue weighted by atomic mass is 127. The Balaban J connectivity index is 0.00000529. The van der Waals surface area contributed by atoms with Gasteiger partial charge in [-0.2, -0.15) is 0 Å². The highest BCUT2D eigenvalue weighted by Gasteiger charge is 2.33. The summed E-state index contributed by atoms with van der Waals surface area (Å²) in [5.41, 5.74) is 1.43. The molecule has 266 valence electrons. The van der Waals surface area contributed by atoms with Crippen molar-refractivity contribution in [1.82, 2.24) is 4.90 Å². The minimum atomic E-state index is 0. The smallest absolute Gasteiger partial charge is 0.242 e. The first-order valence-corrected chi connectivity index (χ1v) is 21.5. The highest BCUT2D eigenvalue weighted by molar-refractivity contribution is 8.14. The van der Waals surface area contributed by atoms with Crippen LogP contribution in [0.4, 0.5) is 0 Å². The van der Waals surface area contributed by atoms with Crippen molar-refractivity contribution in [1.29, 1.82) is 0 Å². The average Bonchev–Trinajstić information content (AvgIpc) is 3.68. The minimum Gasteiger partial charge on any atom is -1.00 e. The summed E-state index contributed by atoms with van der Waals surface area (Å²) in [5, 5.41) is 4.48. The molecular formula is C38H67I2N3S3. The van der Waals surface area contributed by atoms with Gasteiger partial charge in [0.25, 0.3) is 0 Å². The molecule has 3 atom stereocenters. The zero-order chi connectivity index (χ0) is 31.6. The van der Waals surface area contributed by atoms with E-state index in [0.717, 1.165) is 0 Å². The molecule has 0 bridgehead atoms. The topological polar surface area (TPSA) is 9.26 Å². The first-order chi connectivity index (χ1) is 21.5. The van der Waals surface area contributed by atoms with Gasteiger partial charge in [0, 0.05) is 37.3 Å². The molecule has 0 amide bonds. The molecule has 3 aliphatic rings. The van der Waals surface area contributed by atoms with Crippen LogP contribution in [0.25, 0.3) is 0 Å². The van der Waals surface area contributed by atoms with E-state index in [2.05, 4.69) is 115 Å². The molecular weight excluding hydrogens is 848 g/mol. The van der Waals surface area contributed by atoms with Crippen molar-refractivity contribution in [3.05, 3.63) is 34.9 Å². The second kappa shape index (κ2) is 26.6. The van der Waals surface area contributed by atoms with Gasteiger partial charge in [-0.3, -0.25) is 0 Å². The average molecular weight is 916 g/mol. The maximum atomic E-state index is 2.74. The molecule has 8 heteroatoms. The molecule has 0 radical (unpaired) electrons. The van der Waals surface area contributed by atoms with Crippen LogP contribution in [0.15, 0.2) is 34.9 Å². The fraction of sp³-hybridized carbons (Fsp3) is 0.789. The van der Waals surface area contributed by atoms with E-state index in [0.29, 0.717) is 18.1 Å². The summed E-state index contributed by atoms with van der Waals surface area (Å²) in [5.74, 6) is 3.63. The Morgan fingerprint density at radius 2 is 1.22 bits per heavy atom. The van der Waals surface area contributed by atoms with Gasteiger partial charge in [0.15, 0.2) is 12.1 Å². The van der Waals surface area contributed by atoms with E-state index in [-0.39, 0.29) is 48.0 Å². The van der Waals surface area contributed by atoms with Crippen LogP contribution in [0.3, 0.4) is 0 Å². The molecule has 0 N–H and O–H groups in total. The van der Waals surface area contributed by atoms with Gasteiger partial charge >= 0.3 is 0 Å². The summed E-state index contributed by atoms with van der Waals surface area (Å²) in [6.07, 6.45) is 30.1. The lowest BCUT2D eigenvalue weighted by atomic mass is 10.1. The van der Waals surface area contributed by atoms with E-state index in [1.165, 1.54) is 154 Å². The largest absolute Gasteiger partial charge is 1.00 e. The first kappa shape index (κ1) is 44.9. The second-order valence-electron chi connectivity index (χ2n) is 13.4. The Morgan fingerprint density at radius 1 is 0.674 bits per heavy atom. The van der Waals surface area contributed by atoms with Crippen LogP contribution in [0.2, 0.25) is 0 Å². The van der Waals surface area contributed by atoms with Crippen molar-refractivity contribution in [3.63, 3.8) is 0 Å². The summed E-state index contributed by atoms with van der Waals surface area (Å²) in [6.45, 7) is 17.8. The van der Waals surface area contributed by atoms with Gasteiger partial charge in [-0.25, -0.2) is 9.15 Å². The van der Waals surface area contributed by atoms with Crippen LogP contribution in [-0.2, 0) is 0 Å². The van der Waals surface area contributed by atoms with Gasteiger partial charge in [-0.15, -0.1) is 11.8 Å². The van der Waals surface area contributed by atoms with Crippen LogP contribution in [0.5, 0.6) is 0 Å². The van der Waals surface area contributed by atoms with Crippen molar-refractivity contribution in [2.24, 2.45) is 0 Å². The SMILES string of the molecule is CCCCCCCN1C(=CC(=CC=CC2=[N+](CCCCCCC)C(C)CS2)C2=[N+](CCCCCCC)C(C)CS2)SCC1C.[I-].[I-]. The van der Waals surface area contributed by atoms with Crippen molar-refractivity contribution in [3.8, 4) is 0 Å². The van der Waals surface area contributed by atoms with Gasteiger partial charge in [0.1, 0.15) is 13.1 Å². The third-order valence-electron chi connectivity index (χ3n) is 9.38. The number of hydrogen-bond acceptors (Lipinski definition) is 4. The van der Waals surface area contributed by atoms with Gasteiger partial charge < -0.3 is 52.9 Å². The Kier molecular flexibility index (Phi) is 26.0. The van der Waals surface area contributed by atoms with Crippen LogP contribution in [0.1, 0.15) is 138 Å². The van der Waals surface area contributed by atoms with Gasteiger partial charge in [-0.1, -0.05) is 115 Å². The van der Waals surface area contributed by atoms with Crippen molar-refractivity contribution in [2.45, 2.75) is 156 Å². The molecule has 1 saturated heterocycles. The third-order valence-corrected chi connectivity index (χ3v) is 13.4. The normalized spacial score (nSPS) is 22.9. The molecule has 0 aromatic heterocycles. The van der Waals surface area contributed by atoms with Gasteiger partial charge in [-0.05, 0) is 52.2 Å². The molecule has 0 spiro atoms. The lowest BCUT2D eigenvalue weighted by Gasteiger charge is -2.24. The summed E-state index contributed by atoms with van der Waals surface area (Å²) < 4.78 is 5.42. The summed E-state index contributed by atoms with van der Waals surface area (Å²) >= 11 is 6.23. The van der Waals surface area contributed by atoms with E-state index < -0.39 is 0 Å². The Bertz CT molecular complexity index is 1010. The number of halogens is 2. The van der Waals surface area contributed by atoms with E-state index in [1.807, 2.05) is 0 Å². The molecule has 0 aromatic carbocycles. The molecule has 3 heterocycles. The molecule has 0 aliphatic carbocycles. The zero-order valence-electron chi connectivity index (χ0n) is 30.2. The van der Waals surface area contributed by atoms with E-state index in [1.54, 1.807) is 0 Å². The molecule has 0 saturated carbocycles. The van der Waals surface area contributed by atoms with Gasteiger partial charge in [0.2, 0.25) is 10.1 Å². The van der Waals surface area contributed by atoms with Crippen LogP contribution >= 0.6 is 35.3 Å². The van der Waals surface area contributed by atoms with Crippen LogP contribution in [0, 0.1) is 0 Å². The fourth-order valence-electron chi connectivity index (χ4n) is 6.47. The van der Waals surface area contributed by atoms with E-state index in [4.69, 9.17) is 0 Å². The van der Waals surface area contributed by atoms with E-state index >= 15 is 0 Å². The van der Waals surface area contributed by atoms with Crippen molar-refractivity contribution in [2.75, 3.05) is 36.9 Å². The molecule has 0 aromatic rings. The molecule has 3 nitrogen and oxygen atoms in total. The Morgan fingerprint density at radius 3 is 1.85 bits per heavy atom. The Hall–Kier alpha value is 0.870. The zero-order valence-corrected chi connectivity index (χ0v) is 37.0. The number of rotatable bonds is 22. The number of thioether (sulfide) groups is 3. The second-order valence-corrected chi connectivity index (χ2v) is 16.5. The number of nitrogens with zero attached hydrogens (tertiary/aromatic N) is 3. The number of hydrogen-bond donors (Lipinski definition) is 0. The van der Waals surface area contributed by atoms with Gasteiger partial charge in [0.05, 0.1) is 22.1 Å². The molecule has 3 rings (SSSR count). The lowest BCUT2D eigenvalue weighted by Crippen LogP contribution is -3.00. The first-order valence-electron chi connectivity index (χ1n) is 18.5. The quantitative estimate of drug-likeness (QED) is 0.0672. The van der Waals surface area contributed by atoms with Crippen molar-refractivity contribution >= 4 is 45.4 Å². The maximum Gasteiger partial charge on any atom is 0.242 e. The Labute approximate surface area is 332 Å². The molecule has 3 unspecified atom stereocenters.